The fourth-order valence-electron chi connectivity index (χ4n) is 3.28. The molecule has 2 rings (SSSR count). The highest BCUT2D eigenvalue weighted by atomic mass is 19.1. The molecular formula is C16H23FN2O. The van der Waals surface area contributed by atoms with Crippen molar-refractivity contribution in [3.63, 3.8) is 0 Å². The molecule has 1 amide bonds. The molecule has 0 bridgehead atoms. The molecule has 1 aliphatic rings. The summed E-state index contributed by atoms with van der Waals surface area (Å²) in [6.07, 6.45) is 5.99. The molecule has 1 saturated carbocycles. The number of carbonyl (C=O) groups excluding carboxylic acids is 1. The van der Waals surface area contributed by atoms with Gasteiger partial charge in [0.1, 0.15) is 5.82 Å². The van der Waals surface area contributed by atoms with Gasteiger partial charge in [0.25, 0.3) is 0 Å². The summed E-state index contributed by atoms with van der Waals surface area (Å²) in [6, 6.07) is 6.23. The van der Waals surface area contributed by atoms with Gasteiger partial charge < -0.3 is 11.5 Å². The van der Waals surface area contributed by atoms with Crippen LogP contribution in [0.4, 0.5) is 4.39 Å². The van der Waals surface area contributed by atoms with E-state index in [1.165, 1.54) is 25.0 Å². The molecule has 0 spiro atoms. The number of hydrogen-bond donors (Lipinski definition) is 2. The second kappa shape index (κ2) is 6.35. The zero-order chi connectivity index (χ0) is 14.6. The molecule has 110 valence electrons. The molecule has 0 unspecified atom stereocenters. The van der Waals surface area contributed by atoms with E-state index >= 15 is 0 Å². The maximum Gasteiger partial charge on any atom is 0.225 e. The van der Waals surface area contributed by atoms with Crippen LogP contribution in [0.1, 0.15) is 37.7 Å². The van der Waals surface area contributed by atoms with Crippen LogP contribution in [0.25, 0.3) is 0 Å². The summed E-state index contributed by atoms with van der Waals surface area (Å²) in [7, 11) is 0. The first-order valence-electron chi connectivity index (χ1n) is 7.30. The monoisotopic (exact) mass is 278 g/mol. The van der Waals surface area contributed by atoms with Crippen LogP contribution < -0.4 is 11.5 Å². The number of rotatable bonds is 6. The molecule has 3 nitrogen and oxygen atoms in total. The van der Waals surface area contributed by atoms with Gasteiger partial charge in [-0.05, 0) is 36.5 Å². The highest BCUT2D eigenvalue weighted by Crippen LogP contribution is 2.37. The summed E-state index contributed by atoms with van der Waals surface area (Å²) in [5.74, 6) is -0.0790. The first kappa shape index (κ1) is 15.0. The van der Waals surface area contributed by atoms with Crippen LogP contribution in [-0.4, -0.2) is 12.5 Å². The Morgan fingerprint density at radius 2 is 1.85 bits per heavy atom. The highest BCUT2D eigenvalue weighted by Gasteiger charge is 2.38. The number of nitrogens with two attached hydrogens (primary N) is 2. The van der Waals surface area contributed by atoms with E-state index in [0.29, 0.717) is 12.3 Å². The summed E-state index contributed by atoms with van der Waals surface area (Å²) in [4.78, 5) is 12.0. The largest absolute Gasteiger partial charge is 0.369 e. The van der Waals surface area contributed by atoms with Crippen LogP contribution in [-0.2, 0) is 11.2 Å². The predicted molar refractivity (Wildman–Crippen MR) is 77.4 cm³/mol. The van der Waals surface area contributed by atoms with Crippen LogP contribution in [0.15, 0.2) is 24.3 Å². The van der Waals surface area contributed by atoms with Gasteiger partial charge in [-0.15, -0.1) is 0 Å². The lowest BCUT2D eigenvalue weighted by Gasteiger charge is -2.32. The molecule has 0 aromatic heterocycles. The first-order chi connectivity index (χ1) is 9.55. The third-order valence-electron chi connectivity index (χ3n) is 4.52. The Labute approximate surface area is 119 Å². The second-order valence-electron chi connectivity index (χ2n) is 6.01. The van der Waals surface area contributed by atoms with E-state index in [4.69, 9.17) is 11.5 Å². The van der Waals surface area contributed by atoms with Crippen molar-refractivity contribution >= 4 is 5.91 Å². The molecule has 0 heterocycles. The molecular weight excluding hydrogens is 255 g/mol. The lowest BCUT2D eigenvalue weighted by Crippen LogP contribution is -2.46. The Hall–Kier alpha value is -1.42. The lowest BCUT2D eigenvalue weighted by molar-refractivity contribution is -0.128. The minimum Gasteiger partial charge on any atom is -0.369 e. The number of halogens is 1. The van der Waals surface area contributed by atoms with E-state index in [-0.39, 0.29) is 18.3 Å². The standard InChI is InChI=1S/C16H23FN2O/c17-14-7-5-13(6-8-14)10-16(11-18,15(19)20)9-12-3-1-2-4-12/h5-8,12H,1-4,9-11,18H2,(H2,19,20)/t16-/m1/s1. The Balaban J connectivity index is 2.16. The molecule has 0 saturated heterocycles. The van der Waals surface area contributed by atoms with Crippen molar-refractivity contribution in [3.05, 3.63) is 35.6 Å². The minimum absolute atomic E-state index is 0.246. The average molecular weight is 278 g/mol. The Kier molecular flexibility index (Phi) is 4.76. The maximum atomic E-state index is 13.0. The third-order valence-corrected chi connectivity index (χ3v) is 4.52. The van der Waals surface area contributed by atoms with Gasteiger partial charge in [0.05, 0.1) is 5.41 Å². The van der Waals surface area contributed by atoms with Gasteiger partial charge in [-0.1, -0.05) is 37.8 Å². The topological polar surface area (TPSA) is 69.1 Å². The molecule has 1 aromatic carbocycles. The third kappa shape index (κ3) is 3.37. The summed E-state index contributed by atoms with van der Waals surface area (Å²) < 4.78 is 13.0. The average Bonchev–Trinajstić information content (AvgIpc) is 2.93. The minimum atomic E-state index is -0.702. The van der Waals surface area contributed by atoms with Crippen LogP contribution >= 0.6 is 0 Å². The van der Waals surface area contributed by atoms with Crippen molar-refractivity contribution in [2.24, 2.45) is 22.8 Å². The van der Waals surface area contributed by atoms with Gasteiger partial charge in [0.2, 0.25) is 5.91 Å². The predicted octanol–water partition coefficient (Wildman–Crippen LogP) is 2.38. The second-order valence-corrected chi connectivity index (χ2v) is 6.01. The van der Waals surface area contributed by atoms with Crippen LogP contribution in [0.2, 0.25) is 0 Å². The summed E-state index contributed by atoms with van der Waals surface area (Å²) in [5, 5.41) is 0. The van der Waals surface area contributed by atoms with Gasteiger partial charge in [0.15, 0.2) is 0 Å². The molecule has 4 heteroatoms. The van der Waals surface area contributed by atoms with E-state index < -0.39 is 5.41 Å². The number of primary amides is 1. The van der Waals surface area contributed by atoms with Gasteiger partial charge in [-0.25, -0.2) is 4.39 Å². The number of carbonyl (C=O) groups is 1. The van der Waals surface area contributed by atoms with Crippen LogP contribution in [0.3, 0.4) is 0 Å². The lowest BCUT2D eigenvalue weighted by atomic mass is 9.73. The number of benzene rings is 1. The van der Waals surface area contributed by atoms with E-state index in [1.807, 2.05) is 0 Å². The molecule has 4 N–H and O–H groups in total. The summed E-state index contributed by atoms with van der Waals surface area (Å²) >= 11 is 0. The van der Waals surface area contributed by atoms with Crippen LogP contribution in [0, 0.1) is 17.2 Å². The Morgan fingerprint density at radius 3 is 2.35 bits per heavy atom. The van der Waals surface area contributed by atoms with Gasteiger partial charge in [-0.3, -0.25) is 4.79 Å². The van der Waals surface area contributed by atoms with Gasteiger partial charge in [-0.2, -0.15) is 0 Å². The molecule has 20 heavy (non-hydrogen) atoms. The molecule has 0 aliphatic heterocycles. The summed E-state index contributed by atoms with van der Waals surface area (Å²) in [5.41, 5.74) is 11.7. The molecule has 1 aliphatic carbocycles. The number of amides is 1. The zero-order valence-corrected chi connectivity index (χ0v) is 11.8. The first-order valence-corrected chi connectivity index (χ1v) is 7.30. The molecule has 1 fully saturated rings. The van der Waals surface area contributed by atoms with Crippen molar-refractivity contribution in [2.75, 3.05) is 6.54 Å². The SMILES string of the molecule is NC[C@](Cc1ccc(F)cc1)(CC1CCCC1)C(N)=O. The van der Waals surface area contributed by atoms with Crippen molar-refractivity contribution in [1.82, 2.24) is 0 Å². The van der Waals surface area contributed by atoms with Crippen molar-refractivity contribution < 1.29 is 9.18 Å². The fourth-order valence-corrected chi connectivity index (χ4v) is 3.28. The molecule has 0 radical (unpaired) electrons. The highest BCUT2D eigenvalue weighted by molar-refractivity contribution is 5.81. The Morgan fingerprint density at radius 1 is 1.25 bits per heavy atom. The fraction of sp³-hybridized carbons (Fsp3) is 0.562. The quantitative estimate of drug-likeness (QED) is 0.838. The van der Waals surface area contributed by atoms with E-state index in [9.17, 15) is 9.18 Å². The van der Waals surface area contributed by atoms with Crippen LogP contribution in [0.5, 0.6) is 0 Å². The maximum absolute atomic E-state index is 13.0. The molecule has 1 atom stereocenters. The van der Waals surface area contributed by atoms with Gasteiger partial charge in [0, 0.05) is 6.54 Å². The van der Waals surface area contributed by atoms with E-state index in [2.05, 4.69) is 0 Å². The van der Waals surface area contributed by atoms with E-state index in [0.717, 1.165) is 24.8 Å². The Bertz CT molecular complexity index is 454. The molecule has 1 aromatic rings. The smallest absolute Gasteiger partial charge is 0.225 e. The van der Waals surface area contributed by atoms with Crippen molar-refractivity contribution in [2.45, 2.75) is 38.5 Å². The van der Waals surface area contributed by atoms with Crippen molar-refractivity contribution in [1.29, 1.82) is 0 Å². The summed E-state index contributed by atoms with van der Waals surface area (Å²) in [6.45, 7) is 0.246. The zero-order valence-electron chi connectivity index (χ0n) is 11.8. The number of hydrogen-bond acceptors (Lipinski definition) is 2. The van der Waals surface area contributed by atoms with Gasteiger partial charge >= 0.3 is 0 Å². The normalized spacial score (nSPS) is 18.9. The van der Waals surface area contributed by atoms with Crippen molar-refractivity contribution in [3.8, 4) is 0 Å². The van der Waals surface area contributed by atoms with E-state index in [1.54, 1.807) is 12.1 Å².